The fourth-order valence-corrected chi connectivity index (χ4v) is 1.73. The third-order valence-corrected chi connectivity index (χ3v) is 2.51. The second-order valence-corrected chi connectivity index (χ2v) is 3.83. The molecule has 1 aromatic heterocycles. The molecule has 1 saturated heterocycles. The highest BCUT2D eigenvalue weighted by atomic mass is 16.5. The number of nitrogens with one attached hydrogen (secondary N) is 1. The van der Waals surface area contributed by atoms with Gasteiger partial charge in [-0.2, -0.15) is 0 Å². The number of aryl methyl sites for hydroxylation is 1. The Labute approximate surface area is 97.0 Å². The maximum absolute atomic E-state index is 11.3. The molecule has 0 spiro atoms. The molecule has 1 aliphatic heterocycles. The molecule has 1 aliphatic rings. The molecule has 0 aliphatic carbocycles. The van der Waals surface area contributed by atoms with Gasteiger partial charge < -0.3 is 19.7 Å². The summed E-state index contributed by atoms with van der Waals surface area (Å²) < 4.78 is 5.10. The number of anilines is 1. The van der Waals surface area contributed by atoms with Crippen molar-refractivity contribution in [2.24, 2.45) is 0 Å². The Kier molecular flexibility index (Phi) is 3.10. The van der Waals surface area contributed by atoms with Gasteiger partial charge in [0, 0.05) is 12.6 Å². The molecule has 0 aromatic carbocycles. The van der Waals surface area contributed by atoms with Crippen molar-refractivity contribution in [2.45, 2.75) is 13.0 Å². The van der Waals surface area contributed by atoms with E-state index in [4.69, 9.17) is 9.84 Å². The van der Waals surface area contributed by atoms with Crippen molar-refractivity contribution in [3.8, 4) is 0 Å². The smallest absolute Gasteiger partial charge is 0.334 e. The van der Waals surface area contributed by atoms with Crippen LogP contribution < -0.4 is 10.5 Å². The van der Waals surface area contributed by atoms with Crippen molar-refractivity contribution in [3.63, 3.8) is 0 Å². The first kappa shape index (κ1) is 11.6. The van der Waals surface area contributed by atoms with Crippen molar-refractivity contribution in [3.05, 3.63) is 22.2 Å². The molecule has 0 amide bonds. The molecule has 2 N–H and O–H groups in total. The third-order valence-electron chi connectivity index (χ3n) is 2.51. The number of hydrogen-bond donors (Lipinski definition) is 2. The van der Waals surface area contributed by atoms with Crippen LogP contribution in [0.15, 0.2) is 10.9 Å². The zero-order chi connectivity index (χ0) is 12.4. The highest BCUT2D eigenvalue weighted by Crippen LogP contribution is 2.13. The van der Waals surface area contributed by atoms with E-state index < -0.39 is 12.1 Å². The lowest BCUT2D eigenvalue weighted by molar-refractivity contribution is -0.150. The molecule has 1 atom stereocenters. The van der Waals surface area contributed by atoms with Crippen LogP contribution in [0, 0.1) is 6.92 Å². The first-order chi connectivity index (χ1) is 8.06. The predicted molar refractivity (Wildman–Crippen MR) is 59.2 cm³/mol. The summed E-state index contributed by atoms with van der Waals surface area (Å²) in [7, 11) is 0. The number of aromatic amines is 1. The number of H-pyrrole nitrogens is 1. The summed E-state index contributed by atoms with van der Waals surface area (Å²) in [5.41, 5.74) is -0.245. The molecular weight excluding hydrogens is 226 g/mol. The average molecular weight is 239 g/mol. The quantitative estimate of drug-likeness (QED) is 0.713. The van der Waals surface area contributed by atoms with Gasteiger partial charge >= 0.3 is 5.97 Å². The maximum Gasteiger partial charge on any atom is 0.334 e. The minimum Gasteiger partial charge on any atom is -0.479 e. The molecule has 7 heteroatoms. The number of carbonyl (C=O) groups is 1. The molecular formula is C10H13N3O4. The van der Waals surface area contributed by atoms with Gasteiger partial charge in [0.2, 0.25) is 0 Å². The van der Waals surface area contributed by atoms with Gasteiger partial charge in [-0.3, -0.25) is 4.79 Å². The topological polar surface area (TPSA) is 95.5 Å². The van der Waals surface area contributed by atoms with Crippen LogP contribution in [0.1, 0.15) is 5.82 Å². The number of carboxylic acids is 1. The molecule has 7 nitrogen and oxygen atoms in total. The summed E-state index contributed by atoms with van der Waals surface area (Å²) >= 11 is 0. The van der Waals surface area contributed by atoms with E-state index in [0.29, 0.717) is 24.8 Å². The molecule has 0 bridgehead atoms. The van der Waals surface area contributed by atoms with Gasteiger partial charge in [-0.25, -0.2) is 9.78 Å². The SMILES string of the molecule is Cc1nc(N2CCOC(C(=O)O)C2)cc(=O)[nH]1. The van der Waals surface area contributed by atoms with Gasteiger partial charge in [-0.15, -0.1) is 0 Å². The first-order valence-electron chi connectivity index (χ1n) is 5.23. The Morgan fingerprint density at radius 3 is 3.12 bits per heavy atom. The standard InChI is InChI=1S/C10H13N3O4/c1-6-11-8(4-9(14)12-6)13-2-3-17-7(5-13)10(15)16/h4,7H,2-3,5H2,1H3,(H,15,16)(H,11,12,14). The van der Waals surface area contributed by atoms with Gasteiger partial charge in [-0.1, -0.05) is 0 Å². The fraction of sp³-hybridized carbons (Fsp3) is 0.500. The molecule has 1 aromatic rings. The molecule has 0 radical (unpaired) electrons. The largest absolute Gasteiger partial charge is 0.479 e. The highest BCUT2D eigenvalue weighted by molar-refractivity contribution is 5.73. The Hall–Kier alpha value is -1.89. The molecule has 2 heterocycles. The lowest BCUT2D eigenvalue weighted by atomic mass is 10.2. The van der Waals surface area contributed by atoms with Gasteiger partial charge in [-0.05, 0) is 6.92 Å². The number of rotatable bonds is 2. The molecule has 0 saturated carbocycles. The van der Waals surface area contributed by atoms with Crippen LogP contribution in [0.4, 0.5) is 5.82 Å². The van der Waals surface area contributed by atoms with Gasteiger partial charge in [0.1, 0.15) is 11.6 Å². The van der Waals surface area contributed by atoms with E-state index in [9.17, 15) is 9.59 Å². The second-order valence-electron chi connectivity index (χ2n) is 3.83. The summed E-state index contributed by atoms with van der Waals surface area (Å²) in [6.45, 7) is 2.72. The lowest BCUT2D eigenvalue weighted by Gasteiger charge is -2.31. The number of morpholine rings is 1. The summed E-state index contributed by atoms with van der Waals surface area (Å²) in [6.07, 6.45) is -0.870. The number of aromatic nitrogens is 2. The highest BCUT2D eigenvalue weighted by Gasteiger charge is 2.27. The molecule has 92 valence electrons. The van der Waals surface area contributed by atoms with E-state index >= 15 is 0 Å². The number of aliphatic carboxylic acids is 1. The van der Waals surface area contributed by atoms with Crippen molar-refractivity contribution in [1.82, 2.24) is 9.97 Å². The Morgan fingerprint density at radius 1 is 1.71 bits per heavy atom. The van der Waals surface area contributed by atoms with E-state index in [2.05, 4.69) is 9.97 Å². The van der Waals surface area contributed by atoms with Crippen LogP contribution in [0.25, 0.3) is 0 Å². The van der Waals surface area contributed by atoms with Crippen molar-refractivity contribution in [2.75, 3.05) is 24.6 Å². The monoisotopic (exact) mass is 239 g/mol. The predicted octanol–water partition coefficient (Wildman–Crippen LogP) is -0.632. The Balaban J connectivity index is 2.21. The minimum atomic E-state index is -1.00. The zero-order valence-electron chi connectivity index (χ0n) is 9.34. The summed E-state index contributed by atoms with van der Waals surface area (Å²) in [5.74, 6) is -0.0112. The van der Waals surface area contributed by atoms with Gasteiger partial charge in [0.15, 0.2) is 6.10 Å². The number of hydrogen-bond acceptors (Lipinski definition) is 5. The van der Waals surface area contributed by atoms with Crippen LogP contribution in [0.5, 0.6) is 0 Å². The lowest BCUT2D eigenvalue weighted by Crippen LogP contribution is -2.46. The number of nitrogens with zero attached hydrogens (tertiary/aromatic N) is 2. The van der Waals surface area contributed by atoms with Gasteiger partial charge in [0.25, 0.3) is 5.56 Å². The number of ether oxygens (including phenoxy) is 1. The van der Waals surface area contributed by atoms with Gasteiger partial charge in [0.05, 0.1) is 13.2 Å². The second kappa shape index (κ2) is 4.54. The van der Waals surface area contributed by atoms with Crippen LogP contribution >= 0.6 is 0 Å². The molecule has 1 fully saturated rings. The van der Waals surface area contributed by atoms with Crippen LogP contribution in [-0.2, 0) is 9.53 Å². The number of carboxylic acid groups (broad SMARTS) is 1. The third kappa shape index (κ3) is 2.62. The van der Waals surface area contributed by atoms with E-state index in [1.54, 1.807) is 11.8 Å². The van der Waals surface area contributed by atoms with E-state index in [0.717, 1.165) is 0 Å². The fourth-order valence-electron chi connectivity index (χ4n) is 1.73. The summed E-state index contributed by atoms with van der Waals surface area (Å²) in [6, 6.07) is 1.36. The normalized spacial score (nSPS) is 20.3. The van der Waals surface area contributed by atoms with E-state index in [-0.39, 0.29) is 12.1 Å². The van der Waals surface area contributed by atoms with Crippen molar-refractivity contribution >= 4 is 11.8 Å². The molecule has 17 heavy (non-hydrogen) atoms. The van der Waals surface area contributed by atoms with E-state index in [1.165, 1.54) is 6.07 Å². The van der Waals surface area contributed by atoms with E-state index in [1.807, 2.05) is 0 Å². The van der Waals surface area contributed by atoms with Crippen LogP contribution in [0.2, 0.25) is 0 Å². The van der Waals surface area contributed by atoms with Crippen LogP contribution in [0.3, 0.4) is 0 Å². The summed E-state index contributed by atoms with van der Waals surface area (Å²) in [4.78, 5) is 30.6. The van der Waals surface area contributed by atoms with Crippen molar-refractivity contribution in [1.29, 1.82) is 0 Å². The maximum atomic E-state index is 11.3. The Bertz CT molecular complexity index is 485. The minimum absolute atomic E-state index is 0.200. The first-order valence-corrected chi connectivity index (χ1v) is 5.23. The molecule has 2 rings (SSSR count). The Morgan fingerprint density at radius 2 is 2.47 bits per heavy atom. The van der Waals surface area contributed by atoms with Crippen LogP contribution in [-0.4, -0.2) is 46.8 Å². The average Bonchev–Trinajstić information content (AvgIpc) is 2.28. The zero-order valence-corrected chi connectivity index (χ0v) is 9.34. The van der Waals surface area contributed by atoms with Crippen molar-refractivity contribution < 1.29 is 14.6 Å². The summed E-state index contributed by atoms with van der Waals surface area (Å²) in [5, 5.41) is 8.87. The molecule has 1 unspecified atom stereocenters.